The van der Waals surface area contributed by atoms with Crippen molar-refractivity contribution in [3.05, 3.63) is 23.8 Å². The monoisotopic (exact) mass is 295 g/mol. The molecule has 0 fully saturated rings. The third-order valence-corrected chi connectivity index (χ3v) is 8.67. The fourth-order valence-electron chi connectivity index (χ4n) is 2.53. The van der Waals surface area contributed by atoms with Crippen molar-refractivity contribution in [2.24, 2.45) is 4.99 Å². The van der Waals surface area contributed by atoms with Crippen molar-refractivity contribution in [1.82, 2.24) is 9.57 Å². The van der Waals surface area contributed by atoms with Gasteiger partial charge in [0.15, 0.2) is 5.58 Å². The van der Waals surface area contributed by atoms with Crippen LogP contribution in [0.5, 0.6) is 0 Å². The predicted octanol–water partition coefficient (Wildman–Crippen LogP) is 2.92. The minimum Gasteiger partial charge on any atom is -0.361 e. The Hall–Kier alpha value is -0.700. The first kappa shape index (κ1) is 14.7. The van der Waals surface area contributed by atoms with Crippen LogP contribution in [0.4, 0.5) is 5.69 Å². The largest absolute Gasteiger partial charge is 0.361 e. The summed E-state index contributed by atoms with van der Waals surface area (Å²) < 4.78 is 2.41. The molecular weight excluding hydrogens is 273 g/mol. The summed E-state index contributed by atoms with van der Waals surface area (Å²) in [7, 11) is 4.09. The first-order valence-electron chi connectivity index (χ1n) is 6.68. The van der Waals surface area contributed by atoms with Gasteiger partial charge in [-0.2, -0.15) is 0 Å². The Kier molecular flexibility index (Phi) is 4.14. The Labute approximate surface area is 121 Å². The standard InChI is InChI=1S/C14H22N3PS/c1-6-17(7-2)18(19)13-10-11(3)8-9-12(13)15-14(18)16(4)5/h8-10H,6-7H2,1-5H3/t18-/m0/s1. The zero-order valence-corrected chi connectivity index (χ0v) is 14.1. The van der Waals surface area contributed by atoms with Crippen molar-refractivity contribution in [1.29, 1.82) is 0 Å². The summed E-state index contributed by atoms with van der Waals surface area (Å²) in [5, 5.41) is 1.26. The Morgan fingerprint density at radius 1 is 1.21 bits per heavy atom. The molecule has 0 saturated heterocycles. The van der Waals surface area contributed by atoms with Crippen LogP contribution in [0.25, 0.3) is 0 Å². The van der Waals surface area contributed by atoms with Gasteiger partial charge in [0.25, 0.3) is 0 Å². The van der Waals surface area contributed by atoms with Crippen LogP contribution in [0.3, 0.4) is 0 Å². The molecular formula is C14H22N3PS. The number of nitrogens with zero attached hydrogens (tertiary/aromatic N) is 3. The van der Waals surface area contributed by atoms with Crippen LogP contribution in [0, 0.1) is 6.92 Å². The van der Waals surface area contributed by atoms with E-state index in [0.29, 0.717) is 0 Å². The van der Waals surface area contributed by atoms with E-state index in [4.69, 9.17) is 16.8 Å². The number of rotatable bonds is 3. The zero-order chi connectivity index (χ0) is 14.2. The second kappa shape index (κ2) is 5.35. The molecule has 1 aromatic rings. The Morgan fingerprint density at radius 2 is 1.84 bits per heavy atom. The van der Waals surface area contributed by atoms with Crippen LogP contribution in [0.1, 0.15) is 19.4 Å². The van der Waals surface area contributed by atoms with Crippen molar-refractivity contribution < 1.29 is 0 Å². The molecule has 2 rings (SSSR count). The first-order valence-corrected chi connectivity index (χ1v) is 9.43. The number of amidine groups is 1. The molecule has 104 valence electrons. The Balaban J connectivity index is 2.66. The van der Waals surface area contributed by atoms with E-state index >= 15 is 0 Å². The molecule has 0 bridgehead atoms. The molecule has 0 aromatic heterocycles. The normalized spacial score (nSPS) is 21.5. The molecule has 0 aliphatic carbocycles. The lowest BCUT2D eigenvalue weighted by molar-refractivity contribution is 0.510. The summed E-state index contributed by atoms with van der Waals surface area (Å²) in [6.45, 7) is 8.41. The van der Waals surface area contributed by atoms with Gasteiger partial charge in [-0.3, -0.25) is 4.67 Å². The van der Waals surface area contributed by atoms with Gasteiger partial charge in [0.2, 0.25) is 0 Å². The summed E-state index contributed by atoms with van der Waals surface area (Å²) in [6.07, 6.45) is -1.92. The molecule has 0 spiro atoms. The highest BCUT2D eigenvalue weighted by molar-refractivity contribution is 8.25. The highest BCUT2D eigenvalue weighted by atomic mass is 32.4. The van der Waals surface area contributed by atoms with Crippen LogP contribution in [0.15, 0.2) is 23.2 Å². The second-order valence-electron chi connectivity index (χ2n) is 5.01. The molecule has 0 unspecified atom stereocenters. The maximum atomic E-state index is 6.16. The quantitative estimate of drug-likeness (QED) is 0.799. The number of hydrogen-bond donors (Lipinski definition) is 0. The Bertz CT molecular complexity index is 562. The van der Waals surface area contributed by atoms with Gasteiger partial charge in [-0.1, -0.05) is 37.3 Å². The molecule has 0 saturated carbocycles. The van der Waals surface area contributed by atoms with Gasteiger partial charge >= 0.3 is 0 Å². The molecule has 3 nitrogen and oxygen atoms in total. The molecule has 0 amide bonds. The fraction of sp³-hybridized carbons (Fsp3) is 0.500. The second-order valence-corrected chi connectivity index (χ2v) is 9.20. The van der Waals surface area contributed by atoms with Gasteiger partial charge < -0.3 is 4.90 Å². The SMILES string of the molecule is CCN(CC)[P@@]1(=S)C(N(C)C)=Nc2ccc(C)cc21. The van der Waals surface area contributed by atoms with Crippen molar-refractivity contribution >= 4 is 34.6 Å². The summed E-state index contributed by atoms with van der Waals surface area (Å²) in [4.78, 5) is 6.90. The van der Waals surface area contributed by atoms with Crippen LogP contribution in [-0.2, 0) is 11.8 Å². The minimum absolute atomic E-state index is 0.966. The minimum atomic E-state index is -1.92. The molecule has 1 aliphatic rings. The number of aliphatic imine (C=N–C) groups is 1. The maximum Gasteiger partial charge on any atom is 0.156 e. The van der Waals surface area contributed by atoms with Crippen LogP contribution >= 0.6 is 6.19 Å². The zero-order valence-electron chi connectivity index (χ0n) is 12.3. The molecule has 1 aromatic carbocycles. The average molecular weight is 295 g/mol. The molecule has 1 atom stereocenters. The molecule has 5 heteroatoms. The van der Waals surface area contributed by atoms with Crippen molar-refractivity contribution in [2.75, 3.05) is 27.2 Å². The molecule has 1 aliphatic heterocycles. The molecule has 0 N–H and O–H groups in total. The van der Waals surface area contributed by atoms with E-state index in [0.717, 1.165) is 24.4 Å². The summed E-state index contributed by atoms with van der Waals surface area (Å²) in [6, 6.07) is 6.45. The van der Waals surface area contributed by atoms with Crippen molar-refractivity contribution in [2.45, 2.75) is 20.8 Å². The van der Waals surface area contributed by atoms with E-state index in [9.17, 15) is 0 Å². The predicted molar refractivity (Wildman–Crippen MR) is 88.8 cm³/mol. The van der Waals surface area contributed by atoms with Gasteiger partial charge in [-0.05, 0) is 19.1 Å². The highest BCUT2D eigenvalue weighted by Gasteiger charge is 2.39. The van der Waals surface area contributed by atoms with Crippen LogP contribution in [0.2, 0.25) is 0 Å². The number of fused-ring (bicyclic) bond motifs is 1. The van der Waals surface area contributed by atoms with Gasteiger partial charge in [-0.25, -0.2) is 4.99 Å². The van der Waals surface area contributed by atoms with Crippen molar-refractivity contribution in [3.63, 3.8) is 0 Å². The molecule has 19 heavy (non-hydrogen) atoms. The number of benzene rings is 1. The lowest BCUT2D eigenvalue weighted by atomic mass is 10.2. The fourth-order valence-corrected chi connectivity index (χ4v) is 7.44. The van der Waals surface area contributed by atoms with Gasteiger partial charge in [0.05, 0.1) is 5.69 Å². The van der Waals surface area contributed by atoms with E-state index in [-0.39, 0.29) is 0 Å². The van der Waals surface area contributed by atoms with Crippen LogP contribution < -0.4 is 5.30 Å². The van der Waals surface area contributed by atoms with Crippen LogP contribution in [-0.4, -0.2) is 42.3 Å². The summed E-state index contributed by atoms with van der Waals surface area (Å²) >= 11 is 6.16. The maximum absolute atomic E-state index is 6.16. The third kappa shape index (κ3) is 2.26. The number of hydrogen-bond acceptors (Lipinski definition) is 3. The lowest BCUT2D eigenvalue weighted by Gasteiger charge is -2.34. The van der Waals surface area contributed by atoms with Gasteiger partial charge in [-0.15, -0.1) is 0 Å². The van der Waals surface area contributed by atoms with E-state index in [1.807, 2.05) is 14.1 Å². The van der Waals surface area contributed by atoms with E-state index in [1.54, 1.807) is 0 Å². The summed E-state index contributed by atoms with van der Waals surface area (Å²) in [5.74, 6) is 0. The van der Waals surface area contributed by atoms with Gasteiger partial charge in [0, 0.05) is 32.5 Å². The number of aryl methyl sites for hydroxylation is 1. The third-order valence-electron chi connectivity index (χ3n) is 3.48. The molecule has 1 heterocycles. The lowest BCUT2D eigenvalue weighted by Crippen LogP contribution is -2.33. The topological polar surface area (TPSA) is 18.8 Å². The smallest absolute Gasteiger partial charge is 0.156 e. The Morgan fingerprint density at radius 3 is 2.37 bits per heavy atom. The highest BCUT2D eigenvalue weighted by Crippen LogP contribution is 2.57. The van der Waals surface area contributed by atoms with E-state index in [1.165, 1.54) is 10.9 Å². The van der Waals surface area contributed by atoms with E-state index in [2.05, 4.69) is 48.5 Å². The molecule has 0 radical (unpaired) electrons. The van der Waals surface area contributed by atoms with Crippen molar-refractivity contribution in [3.8, 4) is 0 Å². The summed E-state index contributed by atoms with van der Waals surface area (Å²) in [5.41, 5.74) is 3.38. The van der Waals surface area contributed by atoms with E-state index < -0.39 is 6.19 Å². The van der Waals surface area contributed by atoms with Gasteiger partial charge in [0.1, 0.15) is 6.19 Å². The average Bonchev–Trinajstić information content (AvgIpc) is 2.65. The first-order chi connectivity index (χ1) is 8.94.